The average Bonchev–Trinajstić information content (AvgIpc) is 2.69. The Morgan fingerprint density at radius 1 is 1.47 bits per heavy atom. The monoisotopic (exact) mass is 303 g/mol. The number of nitrogens with one attached hydrogen (secondary N) is 1. The van der Waals surface area contributed by atoms with Gasteiger partial charge in [0.05, 0.1) is 17.1 Å². The van der Waals surface area contributed by atoms with Crippen molar-refractivity contribution in [1.29, 1.82) is 0 Å². The first-order chi connectivity index (χ1) is 7.25. The smallest absolute Gasteiger partial charge is 0.145 e. The molecule has 1 N–H and O–H groups in total. The summed E-state index contributed by atoms with van der Waals surface area (Å²) < 4.78 is 0.871. The fourth-order valence-corrected chi connectivity index (χ4v) is 2.28. The molecule has 2 rings (SSSR count). The van der Waals surface area contributed by atoms with Gasteiger partial charge in [0.15, 0.2) is 0 Å². The fraction of sp³-hybridized carbons (Fsp3) is 0.111. The molecule has 0 amide bonds. The highest BCUT2D eigenvalue weighted by Crippen LogP contribution is 2.23. The Hall–Kier alpha value is -0.650. The quantitative estimate of drug-likeness (QED) is 0.942. The Morgan fingerprint density at radius 2 is 2.33 bits per heavy atom. The minimum atomic E-state index is 0.605. The van der Waals surface area contributed by atoms with Crippen molar-refractivity contribution in [2.75, 3.05) is 5.32 Å². The van der Waals surface area contributed by atoms with Gasteiger partial charge in [0.25, 0.3) is 0 Å². The molecule has 0 aromatic carbocycles. The summed E-state index contributed by atoms with van der Waals surface area (Å²) in [6.45, 7) is 0.693. The van der Waals surface area contributed by atoms with Crippen molar-refractivity contribution in [1.82, 2.24) is 9.97 Å². The Morgan fingerprint density at radius 3 is 3.00 bits per heavy atom. The molecule has 0 unspecified atom stereocenters. The molecule has 6 heteroatoms. The van der Waals surface area contributed by atoms with E-state index in [9.17, 15) is 0 Å². The van der Waals surface area contributed by atoms with Crippen LogP contribution < -0.4 is 5.32 Å². The van der Waals surface area contributed by atoms with Crippen molar-refractivity contribution in [3.8, 4) is 0 Å². The first kappa shape index (κ1) is 10.9. The van der Waals surface area contributed by atoms with Gasteiger partial charge in [-0.2, -0.15) is 0 Å². The normalized spacial score (nSPS) is 10.3. The molecule has 2 heterocycles. The van der Waals surface area contributed by atoms with Crippen molar-refractivity contribution in [3.63, 3.8) is 0 Å². The van der Waals surface area contributed by atoms with Crippen LogP contribution in [0.2, 0.25) is 5.02 Å². The molecule has 0 fully saturated rings. The zero-order valence-electron chi connectivity index (χ0n) is 7.58. The lowest BCUT2D eigenvalue weighted by Crippen LogP contribution is -2.00. The third-order valence-electron chi connectivity index (χ3n) is 1.72. The van der Waals surface area contributed by atoms with E-state index in [2.05, 4.69) is 31.2 Å². The third kappa shape index (κ3) is 2.90. The van der Waals surface area contributed by atoms with Gasteiger partial charge < -0.3 is 5.32 Å². The summed E-state index contributed by atoms with van der Waals surface area (Å²) in [5.74, 6) is 0.688. The summed E-state index contributed by atoms with van der Waals surface area (Å²) in [4.78, 5) is 9.31. The number of hydrogen-bond acceptors (Lipinski definition) is 4. The van der Waals surface area contributed by atoms with E-state index in [4.69, 9.17) is 11.6 Å². The van der Waals surface area contributed by atoms with E-state index in [0.717, 1.165) is 9.35 Å². The predicted molar refractivity (Wildman–Crippen MR) is 66.4 cm³/mol. The van der Waals surface area contributed by atoms with Gasteiger partial charge in [-0.25, -0.2) is 4.98 Å². The SMILES string of the molecule is Clc1cc(Br)cnc1NCc1cncs1. The summed E-state index contributed by atoms with van der Waals surface area (Å²) in [7, 11) is 0. The maximum absolute atomic E-state index is 6.00. The van der Waals surface area contributed by atoms with Gasteiger partial charge >= 0.3 is 0 Å². The van der Waals surface area contributed by atoms with Crippen LogP contribution in [0.25, 0.3) is 0 Å². The number of pyridine rings is 1. The van der Waals surface area contributed by atoms with Crippen molar-refractivity contribution >= 4 is 44.7 Å². The average molecular weight is 305 g/mol. The second kappa shape index (κ2) is 4.92. The zero-order chi connectivity index (χ0) is 10.7. The first-order valence-corrected chi connectivity index (χ1v) is 6.23. The molecule has 78 valence electrons. The van der Waals surface area contributed by atoms with Crippen LogP contribution in [0.3, 0.4) is 0 Å². The summed E-state index contributed by atoms with van der Waals surface area (Å²) in [5, 5.41) is 3.75. The number of hydrogen-bond donors (Lipinski definition) is 1. The standard InChI is InChI=1S/C9H7BrClN3S/c10-6-1-8(11)9(13-2-6)14-4-7-3-12-5-15-7/h1-3,5H,4H2,(H,13,14). The van der Waals surface area contributed by atoms with Crippen LogP contribution in [0.4, 0.5) is 5.82 Å². The largest absolute Gasteiger partial charge is 0.364 e. The highest BCUT2D eigenvalue weighted by atomic mass is 79.9. The minimum Gasteiger partial charge on any atom is -0.364 e. The molecule has 0 aliphatic rings. The summed E-state index contributed by atoms with van der Waals surface area (Å²) in [6.07, 6.45) is 3.53. The molecule has 2 aromatic heterocycles. The molecular weight excluding hydrogens is 298 g/mol. The molecule has 2 aromatic rings. The second-order valence-electron chi connectivity index (χ2n) is 2.81. The zero-order valence-corrected chi connectivity index (χ0v) is 10.7. The van der Waals surface area contributed by atoms with Crippen molar-refractivity contribution in [2.24, 2.45) is 0 Å². The maximum Gasteiger partial charge on any atom is 0.145 e. The summed E-state index contributed by atoms with van der Waals surface area (Å²) in [5.41, 5.74) is 1.80. The van der Waals surface area contributed by atoms with Gasteiger partial charge in [-0.3, -0.25) is 4.98 Å². The molecule has 0 radical (unpaired) electrons. The molecule has 3 nitrogen and oxygen atoms in total. The topological polar surface area (TPSA) is 37.8 Å². The fourth-order valence-electron chi connectivity index (χ4n) is 1.04. The van der Waals surface area contributed by atoms with Crippen molar-refractivity contribution < 1.29 is 0 Å². The van der Waals surface area contributed by atoms with Crippen molar-refractivity contribution in [2.45, 2.75) is 6.54 Å². The Balaban J connectivity index is 2.05. The number of rotatable bonds is 3. The molecule has 0 aliphatic carbocycles. The number of thiazole rings is 1. The van der Waals surface area contributed by atoms with Gasteiger partial charge in [-0.15, -0.1) is 11.3 Å². The molecule has 0 spiro atoms. The first-order valence-electron chi connectivity index (χ1n) is 4.18. The van der Waals surface area contributed by atoms with Gasteiger partial charge in [0.1, 0.15) is 5.82 Å². The van der Waals surface area contributed by atoms with Crippen LogP contribution in [0.15, 0.2) is 28.4 Å². The van der Waals surface area contributed by atoms with Crippen molar-refractivity contribution in [3.05, 3.63) is 38.3 Å². The van der Waals surface area contributed by atoms with E-state index < -0.39 is 0 Å². The Kier molecular flexibility index (Phi) is 3.56. The predicted octanol–water partition coefficient (Wildman–Crippen LogP) is 3.57. The number of aromatic nitrogens is 2. The third-order valence-corrected chi connectivity index (χ3v) is 3.22. The van der Waals surface area contributed by atoms with Gasteiger partial charge in [0.2, 0.25) is 0 Å². The molecule has 15 heavy (non-hydrogen) atoms. The maximum atomic E-state index is 6.00. The van der Waals surface area contributed by atoms with Gasteiger partial charge in [0, 0.05) is 21.7 Å². The molecule has 0 bridgehead atoms. The lowest BCUT2D eigenvalue weighted by molar-refractivity contribution is 1.13. The van der Waals surface area contributed by atoms with Crippen LogP contribution in [-0.2, 0) is 6.54 Å². The molecule has 0 aliphatic heterocycles. The van der Waals surface area contributed by atoms with E-state index in [1.54, 1.807) is 23.0 Å². The van der Waals surface area contributed by atoms with E-state index in [-0.39, 0.29) is 0 Å². The van der Waals surface area contributed by atoms with Crippen LogP contribution in [0, 0.1) is 0 Å². The highest BCUT2D eigenvalue weighted by Gasteiger charge is 2.02. The van der Waals surface area contributed by atoms with E-state index in [1.807, 2.05) is 12.3 Å². The lowest BCUT2D eigenvalue weighted by Gasteiger charge is -2.05. The Bertz CT molecular complexity index is 447. The molecule has 0 saturated heterocycles. The number of nitrogens with zero attached hydrogens (tertiary/aromatic N) is 2. The van der Waals surface area contributed by atoms with Gasteiger partial charge in [-0.1, -0.05) is 11.6 Å². The molecule has 0 saturated carbocycles. The van der Waals surface area contributed by atoms with Crippen LogP contribution in [0.1, 0.15) is 4.88 Å². The minimum absolute atomic E-state index is 0.605. The van der Waals surface area contributed by atoms with Gasteiger partial charge in [-0.05, 0) is 22.0 Å². The molecular formula is C9H7BrClN3S. The van der Waals surface area contributed by atoms with E-state index in [1.165, 1.54) is 0 Å². The molecule has 0 atom stereocenters. The van der Waals surface area contributed by atoms with Crippen LogP contribution in [0.5, 0.6) is 0 Å². The summed E-state index contributed by atoms with van der Waals surface area (Å²) in [6, 6.07) is 1.81. The highest BCUT2D eigenvalue weighted by molar-refractivity contribution is 9.10. The lowest BCUT2D eigenvalue weighted by atomic mass is 10.4. The summed E-state index contributed by atoms with van der Waals surface area (Å²) >= 11 is 10.9. The Labute approximate surface area is 105 Å². The number of halogens is 2. The van der Waals surface area contributed by atoms with E-state index in [0.29, 0.717) is 17.4 Å². The number of anilines is 1. The van der Waals surface area contributed by atoms with Crippen LogP contribution >= 0.6 is 38.9 Å². The van der Waals surface area contributed by atoms with Crippen LogP contribution in [-0.4, -0.2) is 9.97 Å². The van der Waals surface area contributed by atoms with E-state index >= 15 is 0 Å². The second-order valence-corrected chi connectivity index (χ2v) is 5.10.